The van der Waals surface area contributed by atoms with Gasteiger partial charge in [-0.1, -0.05) is 29.8 Å². The molecule has 0 bridgehead atoms. The molecule has 2 aromatic heterocycles. The van der Waals surface area contributed by atoms with Crippen molar-refractivity contribution in [3.05, 3.63) is 59.5 Å². The minimum Gasteiger partial charge on any atom is -0.487 e. The Hall–Kier alpha value is -2.07. The summed E-state index contributed by atoms with van der Waals surface area (Å²) in [6.07, 6.45) is 1.74. The highest BCUT2D eigenvalue weighted by Gasteiger charge is 2.05. The molecule has 0 unspecified atom stereocenters. The van der Waals surface area contributed by atoms with Crippen LogP contribution in [0.4, 0.5) is 0 Å². The van der Waals surface area contributed by atoms with Crippen LogP contribution in [0.1, 0.15) is 5.69 Å². The maximum Gasteiger partial charge on any atom is 0.154 e. The highest BCUT2D eigenvalue weighted by molar-refractivity contribution is 6.29. The van der Waals surface area contributed by atoms with Crippen LogP contribution in [-0.4, -0.2) is 14.6 Å². The largest absolute Gasteiger partial charge is 0.487 e. The van der Waals surface area contributed by atoms with E-state index in [1.807, 2.05) is 36.4 Å². The Bertz CT molecular complexity index is 666. The molecule has 0 radical (unpaired) electrons. The standard InChI is InChI=1S/C13H10ClN3O/c14-12-6-7-13-15-8-10(17(13)16-12)9-18-11-4-2-1-3-5-11/h1-8H,9H2. The van der Waals surface area contributed by atoms with Gasteiger partial charge in [0.15, 0.2) is 5.65 Å². The van der Waals surface area contributed by atoms with Crippen LogP contribution >= 0.6 is 11.6 Å². The fourth-order valence-corrected chi connectivity index (χ4v) is 1.81. The molecule has 0 aliphatic heterocycles. The van der Waals surface area contributed by atoms with Crippen molar-refractivity contribution in [2.45, 2.75) is 6.61 Å². The molecule has 0 aliphatic rings. The quantitative estimate of drug-likeness (QED) is 0.726. The SMILES string of the molecule is Clc1ccc2ncc(COc3ccccc3)n2n1. The number of hydrogen-bond acceptors (Lipinski definition) is 3. The topological polar surface area (TPSA) is 39.4 Å². The molecule has 18 heavy (non-hydrogen) atoms. The fraction of sp³-hybridized carbons (Fsp3) is 0.0769. The van der Waals surface area contributed by atoms with Gasteiger partial charge in [0.1, 0.15) is 23.2 Å². The first kappa shape index (κ1) is 11.0. The van der Waals surface area contributed by atoms with Crippen molar-refractivity contribution in [3.63, 3.8) is 0 Å². The van der Waals surface area contributed by atoms with E-state index in [9.17, 15) is 0 Å². The third kappa shape index (κ3) is 2.15. The van der Waals surface area contributed by atoms with Gasteiger partial charge in [0.25, 0.3) is 0 Å². The van der Waals surface area contributed by atoms with Gasteiger partial charge in [-0.05, 0) is 24.3 Å². The van der Waals surface area contributed by atoms with Crippen molar-refractivity contribution in [1.82, 2.24) is 14.6 Å². The number of aromatic nitrogens is 3. The molecule has 90 valence electrons. The zero-order valence-electron chi connectivity index (χ0n) is 9.45. The normalized spacial score (nSPS) is 10.7. The number of nitrogens with zero attached hydrogens (tertiary/aromatic N) is 3. The molecule has 0 saturated carbocycles. The minimum absolute atomic E-state index is 0.401. The van der Waals surface area contributed by atoms with Crippen LogP contribution in [0.15, 0.2) is 48.7 Å². The molecule has 3 aromatic rings. The van der Waals surface area contributed by atoms with Crippen LogP contribution < -0.4 is 4.74 Å². The first-order valence-electron chi connectivity index (χ1n) is 5.50. The van der Waals surface area contributed by atoms with Gasteiger partial charge in [-0.3, -0.25) is 0 Å². The van der Waals surface area contributed by atoms with Crippen molar-refractivity contribution in [3.8, 4) is 5.75 Å². The number of para-hydroxylation sites is 1. The van der Waals surface area contributed by atoms with E-state index in [4.69, 9.17) is 16.3 Å². The van der Waals surface area contributed by atoms with E-state index in [1.165, 1.54) is 0 Å². The second-order valence-corrected chi connectivity index (χ2v) is 4.16. The predicted octanol–water partition coefficient (Wildman–Crippen LogP) is 2.96. The highest BCUT2D eigenvalue weighted by atomic mass is 35.5. The Labute approximate surface area is 109 Å². The molecule has 5 heteroatoms. The van der Waals surface area contributed by atoms with Crippen LogP contribution in [0.25, 0.3) is 5.65 Å². The van der Waals surface area contributed by atoms with Crippen LogP contribution in [0.5, 0.6) is 5.75 Å². The summed E-state index contributed by atoms with van der Waals surface area (Å²) in [6, 6.07) is 13.2. The van der Waals surface area contributed by atoms with E-state index < -0.39 is 0 Å². The molecular weight excluding hydrogens is 250 g/mol. The third-order valence-electron chi connectivity index (χ3n) is 2.53. The first-order chi connectivity index (χ1) is 8.83. The average Bonchev–Trinajstić information content (AvgIpc) is 2.80. The summed E-state index contributed by atoms with van der Waals surface area (Å²) >= 11 is 5.86. The zero-order chi connectivity index (χ0) is 12.4. The van der Waals surface area contributed by atoms with Crippen molar-refractivity contribution in [2.24, 2.45) is 0 Å². The number of rotatable bonds is 3. The summed E-state index contributed by atoms with van der Waals surface area (Å²) in [5.74, 6) is 0.814. The molecule has 2 heterocycles. The smallest absolute Gasteiger partial charge is 0.154 e. The molecule has 4 nitrogen and oxygen atoms in total. The van der Waals surface area contributed by atoms with Crippen LogP contribution in [0.2, 0.25) is 5.15 Å². The molecule has 0 spiro atoms. The number of benzene rings is 1. The summed E-state index contributed by atoms with van der Waals surface area (Å²) in [4.78, 5) is 4.23. The summed E-state index contributed by atoms with van der Waals surface area (Å²) < 4.78 is 7.34. The second-order valence-electron chi connectivity index (χ2n) is 3.78. The zero-order valence-corrected chi connectivity index (χ0v) is 10.2. The van der Waals surface area contributed by atoms with E-state index in [0.717, 1.165) is 17.1 Å². The predicted molar refractivity (Wildman–Crippen MR) is 68.8 cm³/mol. The summed E-state index contributed by atoms with van der Waals surface area (Å²) in [6.45, 7) is 0.401. The lowest BCUT2D eigenvalue weighted by Crippen LogP contribution is -2.02. The summed E-state index contributed by atoms with van der Waals surface area (Å²) in [7, 11) is 0. The van der Waals surface area contributed by atoms with Gasteiger partial charge in [-0.2, -0.15) is 5.10 Å². The highest BCUT2D eigenvalue weighted by Crippen LogP contribution is 2.13. The lowest BCUT2D eigenvalue weighted by Gasteiger charge is -2.05. The van der Waals surface area contributed by atoms with E-state index in [0.29, 0.717) is 11.8 Å². The molecule has 3 rings (SSSR count). The molecule has 0 fully saturated rings. The van der Waals surface area contributed by atoms with Crippen molar-refractivity contribution < 1.29 is 4.74 Å². The van der Waals surface area contributed by atoms with Crippen LogP contribution in [0, 0.1) is 0 Å². The van der Waals surface area contributed by atoms with Gasteiger partial charge in [0.2, 0.25) is 0 Å². The molecule has 0 atom stereocenters. The molecule has 0 N–H and O–H groups in total. The molecule has 1 aromatic carbocycles. The van der Waals surface area contributed by atoms with Crippen molar-refractivity contribution in [1.29, 1.82) is 0 Å². The molecular formula is C13H10ClN3O. The third-order valence-corrected chi connectivity index (χ3v) is 2.73. The van der Waals surface area contributed by atoms with Gasteiger partial charge in [-0.15, -0.1) is 0 Å². The maximum atomic E-state index is 5.86. The van der Waals surface area contributed by atoms with E-state index in [-0.39, 0.29) is 0 Å². The average molecular weight is 260 g/mol. The van der Waals surface area contributed by atoms with Crippen LogP contribution in [-0.2, 0) is 6.61 Å². The maximum absolute atomic E-state index is 5.86. The van der Waals surface area contributed by atoms with Crippen molar-refractivity contribution in [2.75, 3.05) is 0 Å². The van der Waals surface area contributed by atoms with Gasteiger partial charge in [-0.25, -0.2) is 9.50 Å². The van der Waals surface area contributed by atoms with E-state index >= 15 is 0 Å². The van der Waals surface area contributed by atoms with Gasteiger partial charge < -0.3 is 4.74 Å². The fourth-order valence-electron chi connectivity index (χ4n) is 1.67. The Balaban J connectivity index is 1.85. The minimum atomic E-state index is 0.401. The van der Waals surface area contributed by atoms with Gasteiger partial charge in [0, 0.05) is 0 Å². The van der Waals surface area contributed by atoms with E-state index in [1.54, 1.807) is 16.8 Å². The number of fused-ring (bicyclic) bond motifs is 1. The Morgan fingerprint density at radius 3 is 2.78 bits per heavy atom. The lowest BCUT2D eigenvalue weighted by molar-refractivity contribution is 0.298. The number of hydrogen-bond donors (Lipinski definition) is 0. The summed E-state index contributed by atoms with van der Waals surface area (Å²) in [5, 5.41) is 4.62. The first-order valence-corrected chi connectivity index (χ1v) is 5.88. The number of ether oxygens (including phenoxy) is 1. The Morgan fingerprint density at radius 2 is 1.94 bits per heavy atom. The molecule has 0 amide bonds. The second kappa shape index (κ2) is 4.66. The number of imidazole rings is 1. The van der Waals surface area contributed by atoms with Crippen molar-refractivity contribution >= 4 is 17.2 Å². The van der Waals surface area contributed by atoms with E-state index in [2.05, 4.69) is 10.1 Å². The number of halogens is 1. The van der Waals surface area contributed by atoms with Gasteiger partial charge in [0.05, 0.1) is 6.20 Å². The Morgan fingerprint density at radius 1 is 1.11 bits per heavy atom. The summed E-state index contributed by atoms with van der Waals surface area (Å²) in [5.41, 5.74) is 1.61. The molecule has 0 aliphatic carbocycles. The van der Waals surface area contributed by atoms with Gasteiger partial charge >= 0.3 is 0 Å². The lowest BCUT2D eigenvalue weighted by atomic mass is 10.3. The molecule has 0 saturated heterocycles. The Kier molecular flexibility index (Phi) is 2.86. The van der Waals surface area contributed by atoms with Crippen LogP contribution in [0.3, 0.4) is 0 Å². The monoisotopic (exact) mass is 259 g/mol.